The molecular weight excluding hydrogens is 405 g/mol. The smallest absolute Gasteiger partial charge is 0.224 e. The van der Waals surface area contributed by atoms with Gasteiger partial charge in [0.05, 0.1) is 23.3 Å². The average molecular weight is 427 g/mol. The molecule has 0 aliphatic carbocycles. The molecule has 0 saturated heterocycles. The van der Waals surface area contributed by atoms with Crippen molar-refractivity contribution >= 4 is 29.6 Å². The molecule has 0 fully saturated rings. The van der Waals surface area contributed by atoms with Gasteiger partial charge in [-0.1, -0.05) is 53.7 Å². The SMILES string of the molecule is Nc1ccc(-c2ccc(F)cc2)cc1NC(=O)CCc1cn(/C=C/c2ccccc2)nn1. The number of rotatable bonds is 7. The Hall–Kier alpha value is -4.26. The van der Waals surface area contributed by atoms with Gasteiger partial charge in [-0.2, -0.15) is 0 Å². The Morgan fingerprint density at radius 1 is 1.03 bits per heavy atom. The number of halogens is 1. The Labute approximate surface area is 185 Å². The zero-order chi connectivity index (χ0) is 22.3. The summed E-state index contributed by atoms with van der Waals surface area (Å²) in [6.07, 6.45) is 6.22. The number of nitrogens with one attached hydrogen (secondary N) is 1. The zero-order valence-corrected chi connectivity index (χ0v) is 17.3. The molecule has 1 aromatic heterocycles. The van der Waals surface area contributed by atoms with Gasteiger partial charge in [-0.25, -0.2) is 9.07 Å². The highest BCUT2D eigenvalue weighted by Crippen LogP contribution is 2.27. The van der Waals surface area contributed by atoms with Crippen molar-refractivity contribution in [2.45, 2.75) is 12.8 Å². The van der Waals surface area contributed by atoms with Crippen LogP contribution in [0, 0.1) is 5.82 Å². The van der Waals surface area contributed by atoms with E-state index in [1.54, 1.807) is 35.1 Å². The van der Waals surface area contributed by atoms with Gasteiger partial charge in [0.1, 0.15) is 5.82 Å². The predicted octanol–water partition coefficient (Wildman–Crippen LogP) is 4.87. The number of carbonyl (C=O) groups is 1. The summed E-state index contributed by atoms with van der Waals surface area (Å²) >= 11 is 0. The maximum Gasteiger partial charge on any atom is 0.224 e. The average Bonchev–Trinajstić information content (AvgIpc) is 3.27. The third kappa shape index (κ3) is 5.46. The highest BCUT2D eigenvalue weighted by atomic mass is 19.1. The van der Waals surface area contributed by atoms with E-state index < -0.39 is 0 Å². The van der Waals surface area contributed by atoms with Crippen molar-refractivity contribution in [1.29, 1.82) is 0 Å². The van der Waals surface area contributed by atoms with E-state index in [-0.39, 0.29) is 18.1 Å². The first kappa shape index (κ1) is 21.0. The molecule has 0 atom stereocenters. The van der Waals surface area contributed by atoms with Crippen LogP contribution in [-0.2, 0) is 11.2 Å². The van der Waals surface area contributed by atoms with Gasteiger partial charge in [-0.3, -0.25) is 4.79 Å². The summed E-state index contributed by atoms with van der Waals surface area (Å²) in [5.74, 6) is -0.479. The van der Waals surface area contributed by atoms with Gasteiger partial charge >= 0.3 is 0 Å². The Kier molecular flexibility index (Phi) is 6.36. The van der Waals surface area contributed by atoms with Crippen molar-refractivity contribution in [3.63, 3.8) is 0 Å². The molecule has 0 radical (unpaired) electrons. The lowest BCUT2D eigenvalue weighted by Gasteiger charge is -2.10. The predicted molar refractivity (Wildman–Crippen MR) is 125 cm³/mol. The number of aromatic nitrogens is 3. The van der Waals surface area contributed by atoms with Crippen LogP contribution in [0.4, 0.5) is 15.8 Å². The lowest BCUT2D eigenvalue weighted by atomic mass is 10.0. The third-order valence-corrected chi connectivity index (χ3v) is 4.89. The summed E-state index contributed by atoms with van der Waals surface area (Å²) in [6, 6.07) is 21.4. The summed E-state index contributed by atoms with van der Waals surface area (Å²) in [5, 5.41) is 11.0. The molecule has 160 valence electrons. The molecule has 0 aliphatic heterocycles. The Balaban J connectivity index is 1.35. The molecule has 0 aliphatic rings. The quantitative estimate of drug-likeness (QED) is 0.412. The molecule has 3 aromatic carbocycles. The maximum absolute atomic E-state index is 13.2. The molecule has 4 rings (SSSR count). The van der Waals surface area contributed by atoms with E-state index in [0.717, 1.165) is 16.7 Å². The number of anilines is 2. The molecule has 4 aromatic rings. The van der Waals surface area contributed by atoms with Crippen LogP contribution in [0.3, 0.4) is 0 Å². The number of carbonyl (C=O) groups excluding carboxylic acids is 1. The van der Waals surface area contributed by atoms with Crippen molar-refractivity contribution in [2.24, 2.45) is 0 Å². The molecule has 0 saturated carbocycles. The summed E-state index contributed by atoms with van der Waals surface area (Å²) in [6.45, 7) is 0. The van der Waals surface area contributed by atoms with Crippen LogP contribution in [0.25, 0.3) is 23.4 Å². The highest BCUT2D eigenvalue weighted by Gasteiger charge is 2.09. The number of nitrogens with zero attached hydrogens (tertiary/aromatic N) is 3. The van der Waals surface area contributed by atoms with Crippen LogP contribution in [0.2, 0.25) is 0 Å². The van der Waals surface area contributed by atoms with Crippen LogP contribution in [0.5, 0.6) is 0 Å². The number of nitrogens with two attached hydrogens (primary N) is 1. The van der Waals surface area contributed by atoms with Crippen LogP contribution < -0.4 is 11.1 Å². The standard InChI is InChI=1S/C25H22FN5O/c26-21-9-6-19(7-10-21)20-8-12-23(27)24(16-20)28-25(32)13-11-22-17-31(30-29-22)15-14-18-4-2-1-3-5-18/h1-10,12,14-17H,11,13,27H2,(H,28,32)/b15-14+. The van der Waals surface area contributed by atoms with E-state index in [4.69, 9.17) is 5.73 Å². The number of aryl methyl sites for hydroxylation is 1. The second kappa shape index (κ2) is 9.70. The minimum atomic E-state index is -0.301. The maximum atomic E-state index is 13.2. The Morgan fingerprint density at radius 3 is 2.56 bits per heavy atom. The third-order valence-electron chi connectivity index (χ3n) is 4.89. The summed E-state index contributed by atoms with van der Waals surface area (Å²) in [7, 11) is 0. The monoisotopic (exact) mass is 427 g/mol. The molecule has 32 heavy (non-hydrogen) atoms. The first-order valence-electron chi connectivity index (χ1n) is 10.2. The zero-order valence-electron chi connectivity index (χ0n) is 17.3. The van der Waals surface area contributed by atoms with Crippen molar-refractivity contribution in [3.05, 3.63) is 96.1 Å². The molecule has 1 amide bonds. The summed E-state index contributed by atoms with van der Waals surface area (Å²) in [5.41, 5.74) is 10.4. The number of hydrogen-bond donors (Lipinski definition) is 2. The van der Waals surface area contributed by atoms with E-state index in [1.165, 1.54) is 12.1 Å². The first-order valence-corrected chi connectivity index (χ1v) is 10.2. The molecule has 1 heterocycles. The van der Waals surface area contributed by atoms with Gasteiger partial charge in [0, 0.05) is 19.0 Å². The van der Waals surface area contributed by atoms with Gasteiger partial charge in [0.25, 0.3) is 0 Å². The van der Waals surface area contributed by atoms with Crippen LogP contribution in [0.1, 0.15) is 17.7 Å². The number of nitrogen functional groups attached to an aromatic ring is 1. The van der Waals surface area contributed by atoms with E-state index in [1.807, 2.05) is 48.7 Å². The van der Waals surface area contributed by atoms with Crippen molar-refractivity contribution in [3.8, 4) is 11.1 Å². The second-order valence-electron chi connectivity index (χ2n) is 7.27. The fraction of sp³-hybridized carbons (Fsp3) is 0.0800. The topological polar surface area (TPSA) is 85.8 Å². The van der Waals surface area contributed by atoms with Gasteiger partial charge in [0.2, 0.25) is 5.91 Å². The number of hydrogen-bond acceptors (Lipinski definition) is 4. The fourth-order valence-electron chi connectivity index (χ4n) is 3.17. The van der Waals surface area contributed by atoms with E-state index in [9.17, 15) is 9.18 Å². The first-order chi connectivity index (χ1) is 15.6. The minimum Gasteiger partial charge on any atom is -0.397 e. The van der Waals surface area contributed by atoms with Crippen LogP contribution >= 0.6 is 0 Å². The molecule has 0 spiro atoms. The fourth-order valence-corrected chi connectivity index (χ4v) is 3.17. The molecule has 0 unspecified atom stereocenters. The number of amides is 1. The highest BCUT2D eigenvalue weighted by molar-refractivity contribution is 5.95. The lowest BCUT2D eigenvalue weighted by Crippen LogP contribution is -2.13. The van der Waals surface area contributed by atoms with Crippen LogP contribution in [-0.4, -0.2) is 20.9 Å². The van der Waals surface area contributed by atoms with E-state index in [0.29, 0.717) is 23.5 Å². The Morgan fingerprint density at radius 2 is 1.78 bits per heavy atom. The van der Waals surface area contributed by atoms with Gasteiger partial charge in [-0.05, 0) is 47.0 Å². The van der Waals surface area contributed by atoms with Gasteiger partial charge in [0.15, 0.2) is 0 Å². The van der Waals surface area contributed by atoms with E-state index in [2.05, 4.69) is 15.6 Å². The molecule has 6 nitrogen and oxygen atoms in total. The van der Waals surface area contributed by atoms with E-state index >= 15 is 0 Å². The molecular formula is C25H22FN5O. The number of benzene rings is 3. The van der Waals surface area contributed by atoms with Gasteiger partial charge < -0.3 is 11.1 Å². The summed E-state index contributed by atoms with van der Waals surface area (Å²) < 4.78 is 14.8. The second-order valence-corrected chi connectivity index (χ2v) is 7.27. The molecule has 7 heteroatoms. The van der Waals surface area contributed by atoms with Crippen molar-refractivity contribution in [2.75, 3.05) is 11.1 Å². The van der Waals surface area contributed by atoms with Crippen molar-refractivity contribution in [1.82, 2.24) is 15.0 Å². The lowest BCUT2D eigenvalue weighted by molar-refractivity contribution is -0.116. The van der Waals surface area contributed by atoms with Crippen molar-refractivity contribution < 1.29 is 9.18 Å². The molecule has 0 bridgehead atoms. The Bertz CT molecular complexity index is 1230. The van der Waals surface area contributed by atoms with Crippen LogP contribution in [0.15, 0.2) is 79.0 Å². The molecule has 3 N–H and O–H groups in total. The normalized spacial score (nSPS) is 11.0. The largest absolute Gasteiger partial charge is 0.397 e. The van der Waals surface area contributed by atoms with Gasteiger partial charge in [-0.15, -0.1) is 5.10 Å². The summed E-state index contributed by atoms with van der Waals surface area (Å²) in [4.78, 5) is 12.5. The minimum absolute atomic E-state index is 0.178.